The summed E-state index contributed by atoms with van der Waals surface area (Å²) in [5.74, 6) is 0.852. The number of nitrogens with zero attached hydrogens (tertiary/aromatic N) is 1. The van der Waals surface area contributed by atoms with Crippen LogP contribution in [0.1, 0.15) is 0 Å². The number of rotatable bonds is 4. The van der Waals surface area contributed by atoms with Gasteiger partial charge >= 0.3 is 0 Å². The van der Waals surface area contributed by atoms with Crippen LogP contribution >= 0.6 is 0 Å². The number of para-hydroxylation sites is 3. The fraction of sp³-hybridized carbons (Fsp3) is 0. The molecule has 3 aromatic heterocycles. The van der Waals surface area contributed by atoms with Crippen molar-refractivity contribution in [1.82, 2.24) is 4.57 Å². The summed E-state index contributed by atoms with van der Waals surface area (Å²) in [6, 6.07) is 67.1. The smallest absolute Gasteiger partial charge is 0.143 e. The fourth-order valence-electron chi connectivity index (χ4n) is 9.13. The van der Waals surface area contributed by atoms with Crippen LogP contribution in [-0.2, 0) is 0 Å². The third-order valence-corrected chi connectivity index (χ3v) is 11.4. The van der Waals surface area contributed by atoms with Crippen LogP contribution in [0, 0.1) is 0 Å². The monoisotopic (exact) mass is 701 g/mol. The van der Waals surface area contributed by atoms with Gasteiger partial charge in [0.25, 0.3) is 0 Å². The van der Waals surface area contributed by atoms with Crippen molar-refractivity contribution >= 4 is 76.3 Å². The normalized spacial score (nSPS) is 12.0. The molecule has 3 nitrogen and oxygen atoms in total. The summed E-state index contributed by atoms with van der Waals surface area (Å²) >= 11 is 0. The fourth-order valence-corrected chi connectivity index (χ4v) is 9.13. The van der Waals surface area contributed by atoms with Crippen LogP contribution in [0.5, 0.6) is 0 Å². The van der Waals surface area contributed by atoms with Crippen LogP contribution < -0.4 is 0 Å². The van der Waals surface area contributed by atoms with Gasteiger partial charge in [-0.3, -0.25) is 0 Å². The summed E-state index contributed by atoms with van der Waals surface area (Å²) in [5.41, 5.74) is 11.7. The van der Waals surface area contributed by atoms with Crippen molar-refractivity contribution in [1.29, 1.82) is 0 Å². The maximum atomic E-state index is 6.97. The van der Waals surface area contributed by atoms with Crippen LogP contribution in [0.25, 0.3) is 116 Å². The second-order valence-electron chi connectivity index (χ2n) is 14.3. The van der Waals surface area contributed by atoms with Crippen LogP contribution in [0.15, 0.2) is 197 Å². The predicted octanol–water partition coefficient (Wildman–Crippen LogP) is 14.7. The van der Waals surface area contributed by atoms with Gasteiger partial charge in [0, 0.05) is 49.3 Å². The van der Waals surface area contributed by atoms with Crippen LogP contribution in [0.3, 0.4) is 0 Å². The van der Waals surface area contributed by atoms with Gasteiger partial charge in [0.05, 0.1) is 11.0 Å². The average Bonchev–Trinajstić information content (AvgIpc) is 3.93. The van der Waals surface area contributed by atoms with Gasteiger partial charge in [0.15, 0.2) is 0 Å². The lowest BCUT2D eigenvalue weighted by atomic mass is 9.84. The lowest BCUT2D eigenvalue weighted by Gasteiger charge is -2.18. The number of fused-ring (bicyclic) bond motifs is 10. The molecule has 256 valence electrons. The molecule has 9 aromatic carbocycles. The Labute approximate surface area is 315 Å². The van der Waals surface area contributed by atoms with E-state index in [1.165, 1.54) is 54.5 Å². The van der Waals surface area contributed by atoms with E-state index in [1.54, 1.807) is 0 Å². The van der Waals surface area contributed by atoms with Gasteiger partial charge in [-0.1, -0.05) is 146 Å². The van der Waals surface area contributed by atoms with E-state index in [4.69, 9.17) is 8.83 Å². The molecule has 0 atom stereocenters. The summed E-state index contributed by atoms with van der Waals surface area (Å²) in [4.78, 5) is 0. The quantitative estimate of drug-likeness (QED) is 0.171. The molecule has 0 bridgehead atoms. The lowest BCUT2D eigenvalue weighted by Crippen LogP contribution is -1.94. The van der Waals surface area contributed by atoms with Crippen molar-refractivity contribution < 1.29 is 8.83 Å². The number of aromatic nitrogens is 1. The van der Waals surface area contributed by atoms with Gasteiger partial charge in [-0.15, -0.1) is 0 Å². The zero-order chi connectivity index (χ0) is 36.0. The zero-order valence-electron chi connectivity index (χ0n) is 29.7. The molecular weight excluding hydrogens is 671 g/mol. The van der Waals surface area contributed by atoms with E-state index in [9.17, 15) is 0 Å². The highest BCUT2D eigenvalue weighted by atomic mass is 16.3. The third-order valence-electron chi connectivity index (χ3n) is 11.4. The molecule has 3 heterocycles. The molecule has 55 heavy (non-hydrogen) atoms. The Morgan fingerprint density at radius 2 is 0.855 bits per heavy atom. The van der Waals surface area contributed by atoms with E-state index >= 15 is 0 Å². The van der Waals surface area contributed by atoms with Gasteiger partial charge in [0.2, 0.25) is 0 Å². The maximum Gasteiger partial charge on any atom is 0.143 e. The first-order chi connectivity index (χ1) is 27.3. The molecule has 0 radical (unpaired) electrons. The molecule has 0 fully saturated rings. The van der Waals surface area contributed by atoms with E-state index in [0.717, 1.165) is 61.0 Å². The van der Waals surface area contributed by atoms with Gasteiger partial charge in [-0.05, 0) is 75.1 Å². The Morgan fingerprint density at radius 1 is 0.309 bits per heavy atom. The molecule has 3 heteroatoms. The van der Waals surface area contributed by atoms with Crippen molar-refractivity contribution in [3.63, 3.8) is 0 Å². The molecule has 0 saturated carbocycles. The van der Waals surface area contributed by atoms with Gasteiger partial charge in [-0.25, -0.2) is 0 Å². The van der Waals surface area contributed by atoms with Gasteiger partial charge < -0.3 is 13.4 Å². The Bertz CT molecular complexity index is 3420. The van der Waals surface area contributed by atoms with Gasteiger partial charge in [0.1, 0.15) is 22.5 Å². The Kier molecular flexibility index (Phi) is 6.34. The highest BCUT2D eigenvalue weighted by Gasteiger charge is 2.27. The van der Waals surface area contributed by atoms with Crippen molar-refractivity contribution in [2.45, 2.75) is 0 Å². The zero-order valence-corrected chi connectivity index (χ0v) is 29.7. The number of furan rings is 2. The molecule has 0 aliphatic rings. The largest absolute Gasteiger partial charge is 0.456 e. The highest BCUT2D eigenvalue weighted by Crippen LogP contribution is 2.52. The molecule has 12 aromatic rings. The molecule has 0 aliphatic carbocycles. The summed E-state index contributed by atoms with van der Waals surface area (Å²) in [6.07, 6.45) is 0. The Balaban J connectivity index is 1.23. The molecular formula is C52H31NO2. The molecule has 0 unspecified atom stereocenters. The summed E-state index contributed by atoms with van der Waals surface area (Å²) in [6.45, 7) is 0. The lowest BCUT2D eigenvalue weighted by molar-refractivity contribution is 0.632. The molecule has 0 spiro atoms. The average molecular weight is 702 g/mol. The maximum absolute atomic E-state index is 6.97. The number of hydrogen-bond acceptors (Lipinski definition) is 2. The Hall–Kier alpha value is -7.36. The van der Waals surface area contributed by atoms with Crippen molar-refractivity contribution in [3.8, 4) is 39.3 Å². The molecule has 0 N–H and O–H groups in total. The first-order valence-electron chi connectivity index (χ1n) is 18.8. The van der Waals surface area contributed by atoms with E-state index < -0.39 is 0 Å². The van der Waals surface area contributed by atoms with Crippen LogP contribution in [0.2, 0.25) is 0 Å². The topological polar surface area (TPSA) is 31.2 Å². The SMILES string of the molecule is c1ccc(-c2oc3ccc4oc5ccccc5c4c3c2-c2c3ccccc3c(-c3ccc4c5ccccc5n(-c5ccccc5)c4c3)c3ccccc23)cc1. The van der Waals surface area contributed by atoms with Crippen molar-refractivity contribution in [3.05, 3.63) is 188 Å². The molecule has 0 aliphatic heterocycles. The highest BCUT2D eigenvalue weighted by molar-refractivity contribution is 6.30. The minimum absolute atomic E-state index is 0.837. The summed E-state index contributed by atoms with van der Waals surface area (Å²) in [7, 11) is 0. The summed E-state index contributed by atoms with van der Waals surface area (Å²) < 4.78 is 15.8. The van der Waals surface area contributed by atoms with E-state index in [1.807, 2.05) is 18.2 Å². The minimum atomic E-state index is 0.837. The molecule has 0 saturated heterocycles. The Morgan fingerprint density at radius 3 is 1.56 bits per heavy atom. The standard InChI is InChI=1S/C52H31NO2/c1-3-15-32(16-4-1)52-51(50-46(55-52)30-29-45-49(50)41-24-12-14-26-44(41)54-45)48-39-22-9-7-20-37(39)47(38-21-8-10-23-40(38)48)33-27-28-36-35-19-11-13-25-42(35)53(43(36)31-33)34-17-5-2-6-18-34/h1-31H. The van der Waals surface area contributed by atoms with E-state index in [2.05, 4.69) is 174 Å². The first-order valence-corrected chi connectivity index (χ1v) is 18.8. The van der Waals surface area contributed by atoms with E-state index in [0.29, 0.717) is 0 Å². The minimum Gasteiger partial charge on any atom is -0.456 e. The number of hydrogen-bond donors (Lipinski definition) is 0. The van der Waals surface area contributed by atoms with Gasteiger partial charge in [-0.2, -0.15) is 0 Å². The van der Waals surface area contributed by atoms with Crippen LogP contribution in [-0.4, -0.2) is 4.57 Å². The second kappa shape index (κ2) is 11.6. The van der Waals surface area contributed by atoms with Crippen LogP contribution in [0.4, 0.5) is 0 Å². The third kappa shape index (κ3) is 4.32. The summed E-state index contributed by atoms with van der Waals surface area (Å²) in [5, 5.41) is 10.4. The molecule has 0 amide bonds. The predicted molar refractivity (Wildman–Crippen MR) is 229 cm³/mol. The first kappa shape index (κ1) is 30.1. The van der Waals surface area contributed by atoms with Crippen molar-refractivity contribution in [2.24, 2.45) is 0 Å². The molecule has 12 rings (SSSR count). The second-order valence-corrected chi connectivity index (χ2v) is 14.3. The van der Waals surface area contributed by atoms with Crippen molar-refractivity contribution in [2.75, 3.05) is 0 Å². The number of benzene rings is 9. The van der Waals surface area contributed by atoms with E-state index in [-0.39, 0.29) is 0 Å².